The summed E-state index contributed by atoms with van der Waals surface area (Å²) in [7, 11) is 0. The maximum absolute atomic E-state index is 12.3. The van der Waals surface area contributed by atoms with Crippen molar-refractivity contribution in [1.29, 1.82) is 0 Å². The molecule has 0 bridgehead atoms. The molecule has 27 heavy (non-hydrogen) atoms. The molecule has 140 valence electrons. The van der Waals surface area contributed by atoms with Crippen molar-refractivity contribution in [2.24, 2.45) is 0 Å². The number of halogens is 1. The van der Waals surface area contributed by atoms with Gasteiger partial charge in [-0.15, -0.1) is 0 Å². The van der Waals surface area contributed by atoms with Crippen LogP contribution in [0.2, 0.25) is 5.02 Å². The molecular formula is C19H18ClN3O4. The van der Waals surface area contributed by atoms with Crippen LogP contribution in [0.4, 0.5) is 17.1 Å². The minimum absolute atomic E-state index is 0.0428. The topological polar surface area (TPSA) is 87.7 Å². The highest BCUT2D eigenvalue weighted by molar-refractivity contribution is 6.34. The van der Waals surface area contributed by atoms with Gasteiger partial charge in [0.05, 0.1) is 16.4 Å². The molecule has 0 aliphatic carbocycles. The van der Waals surface area contributed by atoms with E-state index in [-0.39, 0.29) is 37.3 Å². The lowest BCUT2D eigenvalue weighted by Crippen LogP contribution is -2.40. The molecule has 0 radical (unpaired) electrons. The number of amides is 3. The summed E-state index contributed by atoms with van der Waals surface area (Å²) in [5.74, 6) is -0.0543. The number of rotatable bonds is 5. The number of nitrogens with zero attached hydrogens (tertiary/aromatic N) is 1. The Morgan fingerprint density at radius 1 is 1.19 bits per heavy atom. The molecule has 0 saturated carbocycles. The van der Waals surface area contributed by atoms with Crippen LogP contribution in [0.25, 0.3) is 0 Å². The average Bonchev–Trinajstić information content (AvgIpc) is 2.63. The molecule has 0 aromatic heterocycles. The summed E-state index contributed by atoms with van der Waals surface area (Å²) < 4.78 is 5.38. The zero-order valence-electron chi connectivity index (χ0n) is 14.6. The molecule has 1 aliphatic rings. The van der Waals surface area contributed by atoms with Gasteiger partial charge in [-0.25, -0.2) is 0 Å². The van der Waals surface area contributed by atoms with E-state index in [9.17, 15) is 14.4 Å². The Bertz CT molecular complexity index is 900. The normalized spacial score (nSPS) is 12.8. The van der Waals surface area contributed by atoms with Crippen LogP contribution in [0.5, 0.6) is 5.75 Å². The fourth-order valence-corrected chi connectivity index (χ4v) is 2.95. The van der Waals surface area contributed by atoms with Crippen LogP contribution in [-0.4, -0.2) is 30.9 Å². The van der Waals surface area contributed by atoms with E-state index in [1.165, 1.54) is 6.92 Å². The van der Waals surface area contributed by atoms with Gasteiger partial charge in [-0.05, 0) is 30.3 Å². The first-order valence-electron chi connectivity index (χ1n) is 8.33. The highest BCUT2D eigenvalue weighted by atomic mass is 35.5. The molecule has 3 amide bonds. The second-order valence-electron chi connectivity index (χ2n) is 5.98. The molecular weight excluding hydrogens is 370 g/mol. The van der Waals surface area contributed by atoms with Gasteiger partial charge in [0, 0.05) is 25.6 Å². The number of carbonyl (C=O) groups is 3. The van der Waals surface area contributed by atoms with Gasteiger partial charge in [0.2, 0.25) is 11.8 Å². The van der Waals surface area contributed by atoms with Gasteiger partial charge in [-0.2, -0.15) is 0 Å². The third kappa shape index (κ3) is 4.57. The van der Waals surface area contributed by atoms with Gasteiger partial charge >= 0.3 is 0 Å². The third-order valence-electron chi connectivity index (χ3n) is 3.93. The molecule has 8 heteroatoms. The van der Waals surface area contributed by atoms with Crippen LogP contribution >= 0.6 is 11.6 Å². The maximum atomic E-state index is 12.3. The van der Waals surface area contributed by atoms with Gasteiger partial charge in [-0.3, -0.25) is 14.4 Å². The number of carbonyl (C=O) groups excluding carboxylic acids is 3. The molecule has 0 atom stereocenters. The summed E-state index contributed by atoms with van der Waals surface area (Å²) >= 11 is 6.10. The minimum Gasteiger partial charge on any atom is -0.482 e. The first-order chi connectivity index (χ1) is 12.9. The number of para-hydroxylation sites is 2. The predicted octanol–water partition coefficient (Wildman–Crippen LogP) is 3.05. The molecule has 2 aromatic carbocycles. The first-order valence-corrected chi connectivity index (χ1v) is 8.71. The van der Waals surface area contributed by atoms with Crippen molar-refractivity contribution in [3.63, 3.8) is 0 Å². The Morgan fingerprint density at radius 2 is 1.96 bits per heavy atom. The lowest BCUT2D eigenvalue weighted by Gasteiger charge is -2.29. The number of benzene rings is 2. The number of nitrogens with one attached hydrogen (secondary N) is 2. The first kappa shape index (κ1) is 18.7. The second kappa shape index (κ2) is 8.09. The van der Waals surface area contributed by atoms with E-state index in [1.54, 1.807) is 35.2 Å². The van der Waals surface area contributed by atoms with Crippen LogP contribution in [-0.2, 0) is 14.4 Å². The Hall–Kier alpha value is -3.06. The molecule has 1 aliphatic heterocycles. The third-order valence-corrected chi connectivity index (χ3v) is 4.25. The number of hydrogen-bond acceptors (Lipinski definition) is 4. The van der Waals surface area contributed by atoms with Gasteiger partial charge in [0.1, 0.15) is 5.75 Å². The molecule has 0 unspecified atom stereocenters. The van der Waals surface area contributed by atoms with Crippen LogP contribution in [0, 0.1) is 0 Å². The van der Waals surface area contributed by atoms with Gasteiger partial charge in [-0.1, -0.05) is 23.7 Å². The van der Waals surface area contributed by atoms with Gasteiger partial charge < -0.3 is 20.3 Å². The lowest BCUT2D eigenvalue weighted by atomic mass is 10.2. The molecule has 1 heterocycles. The van der Waals surface area contributed by atoms with Crippen molar-refractivity contribution >= 4 is 46.4 Å². The zero-order valence-corrected chi connectivity index (χ0v) is 15.4. The van der Waals surface area contributed by atoms with Crippen molar-refractivity contribution in [3.05, 3.63) is 47.5 Å². The lowest BCUT2D eigenvalue weighted by molar-refractivity contribution is -0.121. The minimum atomic E-state index is -0.255. The Labute approximate surface area is 161 Å². The van der Waals surface area contributed by atoms with Crippen LogP contribution < -0.4 is 20.3 Å². The van der Waals surface area contributed by atoms with E-state index < -0.39 is 0 Å². The monoisotopic (exact) mass is 387 g/mol. The van der Waals surface area contributed by atoms with Crippen molar-refractivity contribution in [3.8, 4) is 5.75 Å². The maximum Gasteiger partial charge on any atom is 0.265 e. The molecule has 2 aromatic rings. The van der Waals surface area contributed by atoms with Crippen molar-refractivity contribution in [1.82, 2.24) is 0 Å². The number of anilines is 3. The molecule has 7 nitrogen and oxygen atoms in total. The molecule has 3 rings (SSSR count). The number of fused-ring (bicyclic) bond motifs is 1. The number of hydrogen-bond donors (Lipinski definition) is 2. The quantitative estimate of drug-likeness (QED) is 0.825. The van der Waals surface area contributed by atoms with E-state index >= 15 is 0 Å². The Balaban J connectivity index is 1.61. The highest BCUT2D eigenvalue weighted by Gasteiger charge is 2.25. The van der Waals surface area contributed by atoms with E-state index in [0.717, 1.165) is 0 Å². The van der Waals surface area contributed by atoms with Gasteiger partial charge in [0.15, 0.2) is 6.61 Å². The number of ether oxygens (including phenoxy) is 1. The van der Waals surface area contributed by atoms with E-state index in [0.29, 0.717) is 27.8 Å². The standard InChI is InChI=1S/C19H18ClN3O4/c1-12(24)21-15-7-6-13(10-14(15)20)22-18(25)8-9-23-16-4-2-3-5-17(16)27-11-19(23)26/h2-7,10H,8-9,11H2,1H3,(H,21,24)(H,22,25). The predicted molar refractivity (Wildman–Crippen MR) is 103 cm³/mol. The molecule has 0 spiro atoms. The summed E-state index contributed by atoms with van der Waals surface area (Å²) in [6, 6.07) is 12.0. The summed E-state index contributed by atoms with van der Waals surface area (Å²) in [6.45, 7) is 1.58. The van der Waals surface area contributed by atoms with Crippen LogP contribution in [0.1, 0.15) is 13.3 Å². The average molecular weight is 388 g/mol. The fraction of sp³-hybridized carbons (Fsp3) is 0.211. The summed E-state index contributed by atoms with van der Waals surface area (Å²) in [4.78, 5) is 37.0. The van der Waals surface area contributed by atoms with E-state index in [4.69, 9.17) is 16.3 Å². The SMILES string of the molecule is CC(=O)Nc1ccc(NC(=O)CCN2C(=O)COc3ccccc32)cc1Cl. The largest absolute Gasteiger partial charge is 0.482 e. The molecule has 0 fully saturated rings. The smallest absolute Gasteiger partial charge is 0.265 e. The fourth-order valence-electron chi connectivity index (χ4n) is 2.72. The summed E-state index contributed by atoms with van der Waals surface area (Å²) in [6.07, 6.45) is 0.116. The van der Waals surface area contributed by atoms with E-state index in [2.05, 4.69) is 10.6 Å². The van der Waals surface area contributed by atoms with Crippen LogP contribution in [0.3, 0.4) is 0 Å². The summed E-state index contributed by atoms with van der Waals surface area (Å²) in [5.41, 5.74) is 1.63. The zero-order chi connectivity index (χ0) is 19.4. The van der Waals surface area contributed by atoms with Gasteiger partial charge in [0.25, 0.3) is 5.91 Å². The second-order valence-corrected chi connectivity index (χ2v) is 6.38. The molecule has 0 saturated heterocycles. The van der Waals surface area contributed by atoms with Crippen molar-refractivity contribution in [2.75, 3.05) is 28.7 Å². The van der Waals surface area contributed by atoms with Crippen LogP contribution in [0.15, 0.2) is 42.5 Å². The van der Waals surface area contributed by atoms with E-state index in [1.807, 2.05) is 12.1 Å². The van der Waals surface area contributed by atoms with Crippen molar-refractivity contribution < 1.29 is 19.1 Å². The summed E-state index contributed by atoms with van der Waals surface area (Å²) in [5, 5.41) is 5.65. The molecule has 2 N–H and O–H groups in total. The highest BCUT2D eigenvalue weighted by Crippen LogP contribution is 2.31. The van der Waals surface area contributed by atoms with Crippen molar-refractivity contribution in [2.45, 2.75) is 13.3 Å². The Morgan fingerprint density at radius 3 is 2.70 bits per heavy atom. The Kier molecular flexibility index (Phi) is 5.61.